The lowest BCUT2D eigenvalue weighted by Gasteiger charge is -2.23. The van der Waals surface area contributed by atoms with Crippen molar-refractivity contribution < 1.29 is 9.47 Å². The Morgan fingerprint density at radius 2 is 1.83 bits per heavy atom. The van der Waals surface area contributed by atoms with Gasteiger partial charge in [-0.3, -0.25) is 4.99 Å². The van der Waals surface area contributed by atoms with Gasteiger partial charge in [0, 0.05) is 33.8 Å². The molecule has 0 aromatic heterocycles. The molecule has 1 rings (SSSR count). The van der Waals surface area contributed by atoms with Crippen LogP contribution in [0.15, 0.2) is 29.3 Å². The van der Waals surface area contributed by atoms with Gasteiger partial charge in [-0.15, -0.1) is 0 Å². The van der Waals surface area contributed by atoms with Gasteiger partial charge < -0.3 is 19.7 Å². The fourth-order valence-electron chi connectivity index (χ4n) is 2.31. The zero-order valence-electron chi connectivity index (χ0n) is 15.7. The first-order valence-corrected chi connectivity index (χ1v) is 8.80. The molecule has 0 spiro atoms. The molecule has 0 bridgehead atoms. The van der Waals surface area contributed by atoms with Crippen molar-refractivity contribution in [1.29, 1.82) is 0 Å². The van der Waals surface area contributed by atoms with E-state index in [0.717, 1.165) is 32.1 Å². The molecule has 136 valence electrons. The number of unbranched alkanes of at least 4 members (excludes halogenated alkanes) is 1. The van der Waals surface area contributed by atoms with Crippen molar-refractivity contribution in [3.63, 3.8) is 0 Å². The van der Waals surface area contributed by atoms with Crippen LogP contribution in [0.25, 0.3) is 0 Å². The second kappa shape index (κ2) is 12.8. The van der Waals surface area contributed by atoms with E-state index in [1.165, 1.54) is 17.5 Å². The summed E-state index contributed by atoms with van der Waals surface area (Å²) in [5.74, 6) is 0.876. The predicted molar refractivity (Wildman–Crippen MR) is 101 cm³/mol. The van der Waals surface area contributed by atoms with Crippen LogP contribution in [0.5, 0.6) is 0 Å². The largest absolute Gasteiger partial charge is 0.379 e. The van der Waals surface area contributed by atoms with Gasteiger partial charge in [-0.2, -0.15) is 0 Å². The second-order valence-corrected chi connectivity index (χ2v) is 5.83. The average Bonchev–Trinajstić information content (AvgIpc) is 2.58. The zero-order valence-corrected chi connectivity index (χ0v) is 15.7. The van der Waals surface area contributed by atoms with Gasteiger partial charge in [0.25, 0.3) is 0 Å². The molecule has 0 saturated heterocycles. The fourth-order valence-corrected chi connectivity index (χ4v) is 2.31. The summed E-state index contributed by atoms with van der Waals surface area (Å²) in [6.45, 7) is 8.65. The summed E-state index contributed by atoms with van der Waals surface area (Å²) < 4.78 is 11.0. The van der Waals surface area contributed by atoms with Crippen LogP contribution in [0.4, 0.5) is 0 Å². The maximum absolute atomic E-state index is 5.56. The number of nitrogens with zero attached hydrogens (tertiary/aromatic N) is 2. The van der Waals surface area contributed by atoms with Gasteiger partial charge in [-0.1, -0.05) is 37.6 Å². The molecule has 0 atom stereocenters. The lowest BCUT2D eigenvalue weighted by Crippen LogP contribution is -2.40. The van der Waals surface area contributed by atoms with E-state index < -0.39 is 0 Å². The van der Waals surface area contributed by atoms with Gasteiger partial charge in [0.05, 0.1) is 19.8 Å². The first-order chi connectivity index (χ1) is 11.7. The summed E-state index contributed by atoms with van der Waals surface area (Å²) >= 11 is 0. The molecule has 1 aromatic rings. The molecule has 0 unspecified atom stereocenters. The van der Waals surface area contributed by atoms with Gasteiger partial charge in [-0.25, -0.2) is 0 Å². The standard InChI is InChI=1S/C19H33N3O2/c1-5-6-12-23-14-15-24-13-11-21-19(20-3)22(4)16-18-10-8-7-9-17(18)2/h7-10H,5-6,11-16H2,1-4H3,(H,20,21). The lowest BCUT2D eigenvalue weighted by atomic mass is 10.1. The smallest absolute Gasteiger partial charge is 0.193 e. The Bertz CT molecular complexity index is 477. The van der Waals surface area contributed by atoms with Crippen LogP contribution < -0.4 is 5.32 Å². The van der Waals surface area contributed by atoms with Crippen molar-refractivity contribution in [2.45, 2.75) is 33.2 Å². The molecule has 5 nitrogen and oxygen atoms in total. The number of rotatable bonds is 11. The molecule has 0 aliphatic heterocycles. The Morgan fingerprint density at radius 3 is 2.50 bits per heavy atom. The number of aryl methyl sites for hydroxylation is 1. The normalized spacial score (nSPS) is 11.6. The molecule has 0 amide bonds. The Hall–Kier alpha value is -1.59. The van der Waals surface area contributed by atoms with E-state index in [4.69, 9.17) is 9.47 Å². The van der Waals surface area contributed by atoms with E-state index in [2.05, 4.69) is 53.3 Å². The Labute approximate surface area is 147 Å². The number of aliphatic imine (C=N–C) groups is 1. The molecule has 0 fully saturated rings. The van der Waals surface area contributed by atoms with Crippen molar-refractivity contribution in [2.24, 2.45) is 4.99 Å². The number of hydrogen-bond acceptors (Lipinski definition) is 3. The SMILES string of the molecule is CCCCOCCOCCNC(=NC)N(C)Cc1ccccc1C. The number of ether oxygens (including phenoxy) is 2. The average molecular weight is 335 g/mol. The minimum atomic E-state index is 0.642. The van der Waals surface area contributed by atoms with E-state index >= 15 is 0 Å². The highest BCUT2D eigenvalue weighted by Gasteiger charge is 2.07. The van der Waals surface area contributed by atoms with Gasteiger partial charge >= 0.3 is 0 Å². The fraction of sp³-hybridized carbons (Fsp3) is 0.632. The van der Waals surface area contributed by atoms with Crippen LogP contribution in [-0.2, 0) is 16.0 Å². The van der Waals surface area contributed by atoms with Gasteiger partial charge in [-0.05, 0) is 24.5 Å². The van der Waals surface area contributed by atoms with Crippen LogP contribution >= 0.6 is 0 Å². The summed E-state index contributed by atoms with van der Waals surface area (Å²) in [4.78, 5) is 6.45. The molecular formula is C19H33N3O2. The highest BCUT2D eigenvalue weighted by atomic mass is 16.5. The number of hydrogen-bond donors (Lipinski definition) is 1. The molecule has 24 heavy (non-hydrogen) atoms. The number of benzene rings is 1. The van der Waals surface area contributed by atoms with Crippen molar-refractivity contribution >= 4 is 5.96 Å². The first kappa shape index (κ1) is 20.5. The van der Waals surface area contributed by atoms with E-state index in [-0.39, 0.29) is 0 Å². The van der Waals surface area contributed by atoms with E-state index in [9.17, 15) is 0 Å². The van der Waals surface area contributed by atoms with E-state index in [0.29, 0.717) is 19.8 Å². The molecule has 1 N–H and O–H groups in total. The molecule has 0 aliphatic rings. The summed E-state index contributed by atoms with van der Waals surface area (Å²) in [7, 11) is 3.85. The van der Waals surface area contributed by atoms with Gasteiger partial charge in [0.1, 0.15) is 0 Å². The van der Waals surface area contributed by atoms with Crippen LogP contribution in [0.3, 0.4) is 0 Å². The molecule has 0 aliphatic carbocycles. The summed E-state index contributed by atoms with van der Waals surface area (Å²) in [6.07, 6.45) is 2.28. The highest BCUT2D eigenvalue weighted by Crippen LogP contribution is 2.09. The van der Waals surface area contributed by atoms with Crippen molar-refractivity contribution in [3.8, 4) is 0 Å². The monoisotopic (exact) mass is 335 g/mol. The van der Waals surface area contributed by atoms with Crippen molar-refractivity contribution in [1.82, 2.24) is 10.2 Å². The Balaban J connectivity index is 2.19. The summed E-state index contributed by atoms with van der Waals surface area (Å²) in [6, 6.07) is 8.43. The lowest BCUT2D eigenvalue weighted by molar-refractivity contribution is 0.0486. The highest BCUT2D eigenvalue weighted by molar-refractivity contribution is 5.79. The van der Waals surface area contributed by atoms with Gasteiger partial charge in [0.15, 0.2) is 5.96 Å². The van der Waals surface area contributed by atoms with Crippen molar-refractivity contribution in [3.05, 3.63) is 35.4 Å². The number of nitrogens with one attached hydrogen (secondary N) is 1. The molecule has 0 saturated carbocycles. The third-order valence-corrected chi connectivity index (χ3v) is 3.79. The van der Waals surface area contributed by atoms with Crippen LogP contribution in [0.1, 0.15) is 30.9 Å². The zero-order chi connectivity index (χ0) is 17.6. The minimum absolute atomic E-state index is 0.642. The Morgan fingerprint density at radius 1 is 1.12 bits per heavy atom. The van der Waals surface area contributed by atoms with Crippen LogP contribution in [-0.4, -0.2) is 57.9 Å². The quantitative estimate of drug-likeness (QED) is 0.384. The predicted octanol–water partition coefficient (Wildman–Crippen LogP) is 2.84. The number of guanidine groups is 1. The second-order valence-electron chi connectivity index (χ2n) is 5.83. The molecule has 0 heterocycles. The summed E-state index contributed by atoms with van der Waals surface area (Å²) in [5, 5.41) is 3.33. The minimum Gasteiger partial charge on any atom is -0.379 e. The first-order valence-electron chi connectivity index (χ1n) is 8.80. The maximum atomic E-state index is 5.56. The Kier molecular flexibility index (Phi) is 10.9. The maximum Gasteiger partial charge on any atom is 0.193 e. The van der Waals surface area contributed by atoms with Crippen LogP contribution in [0, 0.1) is 6.92 Å². The third kappa shape index (κ3) is 8.31. The van der Waals surface area contributed by atoms with Gasteiger partial charge in [0.2, 0.25) is 0 Å². The van der Waals surface area contributed by atoms with E-state index in [1.807, 2.05) is 7.05 Å². The molecule has 5 heteroatoms. The molecule has 0 radical (unpaired) electrons. The molecular weight excluding hydrogens is 302 g/mol. The topological polar surface area (TPSA) is 46.1 Å². The van der Waals surface area contributed by atoms with E-state index in [1.54, 1.807) is 7.05 Å². The summed E-state index contributed by atoms with van der Waals surface area (Å²) in [5.41, 5.74) is 2.61. The van der Waals surface area contributed by atoms with Crippen molar-refractivity contribution in [2.75, 3.05) is 47.1 Å². The van der Waals surface area contributed by atoms with Crippen LogP contribution in [0.2, 0.25) is 0 Å². The molecule has 1 aromatic carbocycles. The third-order valence-electron chi connectivity index (χ3n) is 3.79.